The van der Waals surface area contributed by atoms with Crippen LogP contribution in [0.3, 0.4) is 0 Å². The van der Waals surface area contributed by atoms with Gasteiger partial charge in [-0.05, 0) is 41.8 Å². The van der Waals surface area contributed by atoms with Crippen molar-refractivity contribution in [1.82, 2.24) is 5.32 Å². The predicted molar refractivity (Wildman–Crippen MR) is 120 cm³/mol. The maximum atomic E-state index is 9.73. The van der Waals surface area contributed by atoms with Gasteiger partial charge in [0.1, 0.15) is 11.3 Å². The maximum Gasteiger partial charge on any atom is 0.153 e. The Bertz CT molecular complexity index is 1280. The lowest BCUT2D eigenvalue weighted by Gasteiger charge is -2.37. The molecule has 5 rings (SSSR count). The molecule has 0 saturated heterocycles. The normalized spacial score (nSPS) is 20.3. The quantitative estimate of drug-likeness (QED) is 0.424. The van der Waals surface area contributed by atoms with Crippen LogP contribution in [0.25, 0.3) is 37.7 Å². The summed E-state index contributed by atoms with van der Waals surface area (Å²) >= 11 is 1.71. The second-order valence-electron chi connectivity index (χ2n) is 7.40. The smallest absolute Gasteiger partial charge is 0.153 e. The van der Waals surface area contributed by atoms with Crippen LogP contribution in [-0.2, 0) is 4.74 Å². The molecule has 5 heteroatoms. The van der Waals surface area contributed by atoms with E-state index in [0.29, 0.717) is 12.2 Å². The zero-order chi connectivity index (χ0) is 20.1. The summed E-state index contributed by atoms with van der Waals surface area (Å²) in [6, 6.07) is 10.6. The van der Waals surface area contributed by atoms with Gasteiger partial charge in [0.2, 0.25) is 0 Å². The standard InChI is InChI=1S/C24H23NO3S/c1-4-19-20-15(16(9-11-26)21(25-19)13(2)27-3)7-8-17-18-6-5-14-10-12-29-24(14)23(18)28-22(17)20/h4-8,10,12,16,21,25-26H,2,9,11H2,1,3H3/b19-4-. The summed E-state index contributed by atoms with van der Waals surface area (Å²) in [4.78, 5) is 0. The Morgan fingerprint density at radius 2 is 2.03 bits per heavy atom. The Labute approximate surface area is 173 Å². The topological polar surface area (TPSA) is 54.6 Å². The van der Waals surface area contributed by atoms with Gasteiger partial charge in [0, 0.05) is 34.6 Å². The minimum absolute atomic E-state index is 0.0468. The molecule has 4 nitrogen and oxygen atoms in total. The maximum absolute atomic E-state index is 9.73. The van der Waals surface area contributed by atoms with Crippen LogP contribution in [0.1, 0.15) is 30.4 Å². The van der Waals surface area contributed by atoms with E-state index in [1.807, 2.05) is 6.92 Å². The summed E-state index contributed by atoms with van der Waals surface area (Å²) in [6.45, 7) is 6.19. The largest absolute Gasteiger partial charge is 0.500 e. The van der Waals surface area contributed by atoms with Crippen LogP contribution in [0.5, 0.6) is 0 Å². The molecular formula is C24H23NO3S. The number of allylic oxidation sites excluding steroid dienone is 1. The number of fused-ring (bicyclic) bond motifs is 7. The molecule has 0 spiro atoms. The van der Waals surface area contributed by atoms with Crippen LogP contribution in [0, 0.1) is 0 Å². The average molecular weight is 406 g/mol. The first-order valence-corrected chi connectivity index (χ1v) is 10.7. The van der Waals surface area contributed by atoms with Gasteiger partial charge >= 0.3 is 0 Å². The molecule has 3 heterocycles. The highest BCUT2D eigenvalue weighted by molar-refractivity contribution is 7.18. The fourth-order valence-corrected chi connectivity index (χ4v) is 5.45. The number of nitrogens with one attached hydrogen (secondary N) is 1. The van der Waals surface area contributed by atoms with E-state index in [4.69, 9.17) is 9.15 Å². The second-order valence-corrected chi connectivity index (χ2v) is 8.32. The van der Waals surface area contributed by atoms with Gasteiger partial charge in [-0.1, -0.05) is 30.9 Å². The number of hydrogen-bond donors (Lipinski definition) is 2. The van der Waals surface area contributed by atoms with Gasteiger partial charge in [-0.3, -0.25) is 0 Å². The summed E-state index contributed by atoms with van der Waals surface area (Å²) in [5.41, 5.74) is 5.07. The molecule has 2 atom stereocenters. The minimum Gasteiger partial charge on any atom is -0.500 e. The number of ether oxygens (including phenoxy) is 1. The van der Waals surface area contributed by atoms with Gasteiger partial charge in [0.15, 0.2) is 5.58 Å². The van der Waals surface area contributed by atoms with E-state index in [-0.39, 0.29) is 18.6 Å². The molecule has 29 heavy (non-hydrogen) atoms. The molecule has 148 valence electrons. The van der Waals surface area contributed by atoms with Crippen LogP contribution in [-0.4, -0.2) is 24.9 Å². The summed E-state index contributed by atoms with van der Waals surface area (Å²) in [6.07, 6.45) is 2.68. The van der Waals surface area contributed by atoms with Crippen LogP contribution in [0.15, 0.2) is 58.5 Å². The lowest BCUT2D eigenvalue weighted by molar-refractivity contribution is 0.222. The van der Waals surface area contributed by atoms with Crippen molar-refractivity contribution in [2.75, 3.05) is 13.7 Å². The van der Waals surface area contributed by atoms with Crippen LogP contribution in [0.4, 0.5) is 0 Å². The average Bonchev–Trinajstić information content (AvgIpc) is 3.37. The second kappa shape index (κ2) is 6.94. The number of furan rings is 1. The molecule has 0 fully saturated rings. The Balaban J connectivity index is 1.82. The predicted octanol–water partition coefficient (Wildman–Crippen LogP) is 5.76. The molecule has 2 aromatic carbocycles. The Kier molecular flexibility index (Phi) is 4.37. The van der Waals surface area contributed by atoms with Crippen molar-refractivity contribution < 1.29 is 14.3 Å². The van der Waals surface area contributed by atoms with Crippen LogP contribution < -0.4 is 5.32 Å². The van der Waals surface area contributed by atoms with Crippen molar-refractivity contribution in [3.8, 4) is 0 Å². The van der Waals surface area contributed by atoms with Gasteiger partial charge in [-0.15, -0.1) is 11.3 Å². The first kappa shape index (κ1) is 18.3. The number of benzene rings is 2. The van der Waals surface area contributed by atoms with Crippen molar-refractivity contribution >= 4 is 49.1 Å². The highest BCUT2D eigenvalue weighted by atomic mass is 32.1. The van der Waals surface area contributed by atoms with E-state index in [1.54, 1.807) is 18.4 Å². The fraction of sp³-hybridized carbons (Fsp3) is 0.250. The lowest BCUT2D eigenvalue weighted by atomic mass is 9.80. The molecule has 0 saturated carbocycles. The van der Waals surface area contributed by atoms with Crippen LogP contribution >= 0.6 is 11.3 Å². The molecule has 0 bridgehead atoms. The van der Waals surface area contributed by atoms with Gasteiger partial charge in [0.05, 0.1) is 17.9 Å². The third kappa shape index (κ3) is 2.61. The van der Waals surface area contributed by atoms with Crippen molar-refractivity contribution in [3.63, 3.8) is 0 Å². The minimum atomic E-state index is -0.100. The molecule has 2 aromatic heterocycles. The van der Waals surface area contributed by atoms with Crippen molar-refractivity contribution in [2.45, 2.75) is 25.3 Å². The van der Waals surface area contributed by atoms with Gasteiger partial charge in [-0.2, -0.15) is 0 Å². The molecule has 0 radical (unpaired) electrons. The molecule has 2 unspecified atom stereocenters. The highest BCUT2D eigenvalue weighted by Crippen LogP contribution is 2.45. The summed E-state index contributed by atoms with van der Waals surface area (Å²) < 4.78 is 13.2. The first-order valence-electron chi connectivity index (χ1n) is 9.80. The number of rotatable bonds is 4. The highest BCUT2D eigenvalue weighted by Gasteiger charge is 2.35. The molecule has 2 N–H and O–H groups in total. The SMILES string of the molecule is C=C(OC)C1N/C(=C\C)c2c(ccc3c2oc2c3ccc3ccsc32)C1CCO. The molecular weight excluding hydrogens is 382 g/mol. The third-order valence-corrected chi connectivity index (χ3v) is 6.91. The Hall–Kier alpha value is -2.76. The Morgan fingerprint density at radius 3 is 2.79 bits per heavy atom. The van der Waals surface area contributed by atoms with E-state index in [1.165, 1.54) is 10.1 Å². The number of aliphatic hydroxyl groups excluding tert-OH is 1. The number of aliphatic hydroxyl groups is 1. The van der Waals surface area contributed by atoms with Gasteiger partial charge in [-0.25, -0.2) is 0 Å². The molecule has 0 aliphatic carbocycles. The van der Waals surface area contributed by atoms with Crippen LogP contribution in [0.2, 0.25) is 0 Å². The van der Waals surface area contributed by atoms with E-state index in [9.17, 15) is 5.11 Å². The molecule has 1 aliphatic heterocycles. The van der Waals surface area contributed by atoms with E-state index in [2.05, 4.69) is 53.7 Å². The van der Waals surface area contributed by atoms with Crippen molar-refractivity contribution in [2.24, 2.45) is 0 Å². The van der Waals surface area contributed by atoms with Gasteiger partial charge < -0.3 is 19.6 Å². The molecule has 1 aliphatic rings. The number of methoxy groups -OCH3 is 1. The fourth-order valence-electron chi connectivity index (χ4n) is 4.56. The summed E-state index contributed by atoms with van der Waals surface area (Å²) in [5, 5.41) is 18.9. The van der Waals surface area contributed by atoms with Crippen molar-refractivity contribution in [3.05, 3.63) is 65.3 Å². The number of thiophene rings is 1. The molecule has 0 amide bonds. The van der Waals surface area contributed by atoms with Gasteiger partial charge in [0.25, 0.3) is 0 Å². The van der Waals surface area contributed by atoms with E-state index < -0.39 is 0 Å². The molecule has 4 aromatic rings. The third-order valence-electron chi connectivity index (χ3n) is 5.98. The zero-order valence-corrected chi connectivity index (χ0v) is 17.3. The first-order chi connectivity index (χ1) is 14.2. The van der Waals surface area contributed by atoms with E-state index in [0.717, 1.165) is 38.8 Å². The zero-order valence-electron chi connectivity index (χ0n) is 16.5. The van der Waals surface area contributed by atoms with Crippen molar-refractivity contribution in [1.29, 1.82) is 0 Å². The monoisotopic (exact) mass is 405 g/mol. The summed E-state index contributed by atoms with van der Waals surface area (Å²) in [5.74, 6) is 0.712. The number of hydrogen-bond acceptors (Lipinski definition) is 5. The summed E-state index contributed by atoms with van der Waals surface area (Å²) in [7, 11) is 1.64. The lowest BCUT2D eigenvalue weighted by Crippen LogP contribution is -2.40. The van der Waals surface area contributed by atoms with E-state index >= 15 is 0 Å². The Morgan fingerprint density at radius 1 is 1.24 bits per heavy atom.